The predicted octanol–water partition coefficient (Wildman–Crippen LogP) is 3.99. The molecule has 0 aliphatic carbocycles. The van der Waals surface area contributed by atoms with Crippen LogP contribution in [0.2, 0.25) is 0 Å². The number of aromatic amines is 1. The lowest BCUT2D eigenvalue weighted by atomic mass is 9.77. The third-order valence-corrected chi connectivity index (χ3v) is 13.0. The second-order valence-corrected chi connectivity index (χ2v) is 18.6. The summed E-state index contributed by atoms with van der Waals surface area (Å²) < 4.78 is 39.0. The summed E-state index contributed by atoms with van der Waals surface area (Å²) in [4.78, 5) is 40.8. The summed E-state index contributed by atoms with van der Waals surface area (Å²) in [6.07, 6.45) is -2.75. The number of hydrogen-bond donors (Lipinski definition) is 4. The van der Waals surface area contributed by atoms with E-state index in [-0.39, 0.29) is 49.3 Å². The number of aliphatic hydroxyl groups excluding tert-OH is 1. The van der Waals surface area contributed by atoms with Crippen LogP contribution in [0.5, 0.6) is 0 Å². The average Bonchev–Trinajstić information content (AvgIpc) is 3.72. The number of nitrogens with zero attached hydrogens (tertiary/aromatic N) is 3. The molecule has 0 radical (unpaired) electrons. The van der Waals surface area contributed by atoms with Gasteiger partial charge >= 0.3 is 0 Å². The molecule has 15 nitrogen and oxygen atoms in total. The van der Waals surface area contributed by atoms with Gasteiger partial charge in [0.25, 0.3) is 6.02 Å². The van der Waals surface area contributed by atoms with E-state index in [2.05, 4.69) is 10.3 Å². The van der Waals surface area contributed by atoms with Crippen molar-refractivity contribution in [2.24, 2.45) is 22.7 Å². The molecular weight excluding hydrogens is 759 g/mol. The first-order valence-corrected chi connectivity index (χ1v) is 21.4. The monoisotopic (exact) mass is 828 g/mol. The van der Waals surface area contributed by atoms with E-state index in [0.29, 0.717) is 19.0 Å². The number of aliphatic imine (C=N–C) groups is 1. The molecule has 59 heavy (non-hydrogen) atoms. The summed E-state index contributed by atoms with van der Waals surface area (Å²) >= 11 is 0. The molecule has 1 aromatic heterocycles. The van der Waals surface area contributed by atoms with Gasteiger partial charge in [-0.3, -0.25) is 9.59 Å². The van der Waals surface area contributed by atoms with Crippen LogP contribution in [0.4, 0.5) is 0 Å². The Labute approximate surface area is 349 Å². The Morgan fingerprint density at radius 1 is 1.03 bits per heavy atom. The smallest absolute Gasteiger partial charge is 0.288 e. The number of likely N-dealkylation sites (N-methyl/N-ethyl adjacent to an activating group) is 2. The number of H-pyrrole nitrogens is 1. The van der Waals surface area contributed by atoms with Gasteiger partial charge in [0.2, 0.25) is 11.8 Å². The Balaban J connectivity index is 1.39. The lowest BCUT2D eigenvalue weighted by Gasteiger charge is -2.48. The van der Waals surface area contributed by atoms with Crippen LogP contribution in [-0.2, 0) is 44.4 Å². The van der Waals surface area contributed by atoms with E-state index in [1.165, 1.54) is 7.11 Å². The summed E-state index contributed by atoms with van der Waals surface area (Å²) in [6.45, 7) is 17.3. The molecule has 4 saturated heterocycles. The van der Waals surface area contributed by atoms with Gasteiger partial charge in [0, 0.05) is 69.7 Å². The molecule has 4 N–H and O–H groups in total. The number of methoxy groups -OCH3 is 1. The number of amides is 2. The molecule has 0 spiro atoms. The first kappa shape index (κ1) is 45.2. The van der Waals surface area contributed by atoms with Crippen LogP contribution < -0.4 is 5.32 Å². The molecule has 15 heteroatoms. The second-order valence-electron chi connectivity index (χ2n) is 18.6. The fourth-order valence-electron chi connectivity index (χ4n) is 9.83. The molecule has 4 aliphatic heterocycles. The first-order valence-electron chi connectivity index (χ1n) is 21.4. The van der Waals surface area contributed by atoms with Crippen molar-refractivity contribution >= 4 is 28.7 Å². The molecule has 6 rings (SSSR count). The van der Waals surface area contributed by atoms with Crippen LogP contribution in [0.3, 0.4) is 0 Å². The number of rotatable bonds is 8. The number of aliphatic hydroxyl groups is 2. The molecule has 330 valence electrons. The number of fused-ring (bicyclic) bond motifs is 2. The number of para-hydroxylation sites is 1. The summed E-state index contributed by atoms with van der Waals surface area (Å²) in [5.41, 5.74) is -0.679. The highest BCUT2D eigenvalue weighted by Crippen LogP contribution is 2.41. The van der Waals surface area contributed by atoms with Crippen LogP contribution in [-0.4, -0.2) is 149 Å². The summed E-state index contributed by atoms with van der Waals surface area (Å²) in [5, 5.41) is 27.9. The van der Waals surface area contributed by atoms with Crippen molar-refractivity contribution < 1.29 is 48.2 Å². The van der Waals surface area contributed by atoms with Gasteiger partial charge in [-0.1, -0.05) is 39.0 Å². The maximum absolute atomic E-state index is 14.7. The van der Waals surface area contributed by atoms with Crippen molar-refractivity contribution in [3.05, 3.63) is 36.0 Å². The quantitative estimate of drug-likeness (QED) is 0.303. The summed E-state index contributed by atoms with van der Waals surface area (Å²) in [5.74, 6) is -2.39. The van der Waals surface area contributed by atoms with Crippen LogP contribution in [0.25, 0.3) is 10.9 Å². The first-order chi connectivity index (χ1) is 27.7. The molecule has 2 unspecified atom stereocenters. The van der Waals surface area contributed by atoms with E-state index in [9.17, 15) is 19.8 Å². The van der Waals surface area contributed by atoms with Crippen molar-refractivity contribution in [3.8, 4) is 0 Å². The number of benzene rings is 1. The lowest BCUT2D eigenvalue weighted by molar-refractivity contribution is -0.313. The highest BCUT2D eigenvalue weighted by Gasteiger charge is 2.54. The minimum atomic E-state index is -1.52. The normalized spacial score (nSPS) is 41.0. The van der Waals surface area contributed by atoms with Crippen molar-refractivity contribution in [3.63, 3.8) is 0 Å². The molecule has 15 atom stereocenters. The van der Waals surface area contributed by atoms with E-state index < -0.39 is 78.1 Å². The van der Waals surface area contributed by atoms with Gasteiger partial charge in [-0.2, -0.15) is 0 Å². The predicted molar refractivity (Wildman–Crippen MR) is 222 cm³/mol. The Morgan fingerprint density at radius 3 is 2.44 bits per heavy atom. The standard InChI is InChI=1S/C44H69N5O10/c1-23(2)46-42-49(11)33-17-25(4)55-41(36(33)58-42)59-38-26(5)35(57-34-20-44(9,54-12)37(50)28(7)56-34)27(6)39(51)47-32(18-29-21-45-31-16-14-13-15-30(29)31)40(52)48(10)22-24(3)19-43(38,8)53/h13-16,21,23-28,32-38,41,45,50,53H,17-20,22H2,1-12H3,(H,47,51)/b46-42+/t24-,25-,26+,27-,28+,32+,33?,34+,35+,36?,37+,38-,41+,43-,44-/m1/s1. The van der Waals surface area contributed by atoms with Gasteiger partial charge in [0.15, 0.2) is 18.7 Å². The second kappa shape index (κ2) is 18.0. The summed E-state index contributed by atoms with van der Waals surface area (Å²) in [7, 11) is 5.24. The zero-order valence-electron chi connectivity index (χ0n) is 37.0. The van der Waals surface area contributed by atoms with Gasteiger partial charge in [0.05, 0.1) is 47.6 Å². The average molecular weight is 828 g/mol. The third-order valence-electron chi connectivity index (χ3n) is 13.0. The number of carbonyl (C=O) groups excluding carboxylic acids is 2. The number of amidine groups is 1. The van der Waals surface area contributed by atoms with E-state index in [1.807, 2.05) is 77.0 Å². The van der Waals surface area contributed by atoms with Gasteiger partial charge in [-0.05, 0) is 71.9 Å². The zero-order chi connectivity index (χ0) is 43.1. The van der Waals surface area contributed by atoms with Crippen molar-refractivity contribution in [2.75, 3.05) is 27.7 Å². The van der Waals surface area contributed by atoms with Gasteiger partial charge in [-0.25, -0.2) is 4.99 Å². The maximum Gasteiger partial charge on any atom is 0.288 e. The van der Waals surface area contributed by atoms with Crippen LogP contribution >= 0.6 is 0 Å². The highest BCUT2D eigenvalue weighted by atomic mass is 16.7. The van der Waals surface area contributed by atoms with E-state index >= 15 is 0 Å². The number of ether oxygens (including phenoxy) is 6. The zero-order valence-corrected chi connectivity index (χ0v) is 37.0. The molecule has 5 heterocycles. The number of hydrogen-bond acceptors (Lipinski definition) is 11. The molecule has 0 bridgehead atoms. The fourth-order valence-corrected chi connectivity index (χ4v) is 9.83. The largest absolute Gasteiger partial charge is 0.454 e. The van der Waals surface area contributed by atoms with Crippen LogP contribution in [0.15, 0.2) is 35.5 Å². The fraction of sp³-hybridized carbons (Fsp3) is 0.750. The van der Waals surface area contributed by atoms with E-state index in [1.54, 1.807) is 39.6 Å². The van der Waals surface area contributed by atoms with Crippen LogP contribution in [0.1, 0.15) is 87.1 Å². The lowest BCUT2D eigenvalue weighted by Crippen LogP contribution is -2.60. The third kappa shape index (κ3) is 9.61. The topological polar surface area (TPSA) is 177 Å². The van der Waals surface area contributed by atoms with Crippen molar-refractivity contribution in [1.29, 1.82) is 0 Å². The summed E-state index contributed by atoms with van der Waals surface area (Å²) in [6, 6.07) is 7.41. The van der Waals surface area contributed by atoms with Gasteiger partial charge in [0.1, 0.15) is 12.1 Å². The van der Waals surface area contributed by atoms with Crippen molar-refractivity contribution in [2.45, 2.75) is 167 Å². The Hall–Kier alpha value is -3.31. The highest BCUT2D eigenvalue weighted by molar-refractivity contribution is 5.90. The Kier molecular flexibility index (Phi) is 13.8. The SMILES string of the molecule is CO[C@]1(C)C[C@H](O[C@H]2[C@H](C)[C@@H](O[C@@H]3O[C@H](C)CC4C3O/C(=N/C(C)C)N4C)[C@](C)(O)C[C@@H](C)CN(C)C(=O)[C@H](Cc3c[nH]c4ccccc34)NC(=O)[C@@H]2C)O[C@@H](C)[C@@H]1O. The maximum atomic E-state index is 14.7. The molecule has 4 fully saturated rings. The van der Waals surface area contributed by atoms with Gasteiger partial charge < -0.3 is 58.7 Å². The minimum absolute atomic E-state index is 0.00580. The van der Waals surface area contributed by atoms with Gasteiger partial charge in [-0.15, -0.1) is 0 Å². The van der Waals surface area contributed by atoms with Crippen molar-refractivity contribution in [1.82, 2.24) is 20.1 Å². The molecule has 2 amide bonds. The van der Waals surface area contributed by atoms with E-state index in [4.69, 9.17) is 33.4 Å². The minimum Gasteiger partial charge on any atom is -0.454 e. The number of nitrogens with one attached hydrogen (secondary N) is 2. The molecular formula is C44H69N5O10. The number of aromatic nitrogens is 1. The Morgan fingerprint density at radius 2 is 1.75 bits per heavy atom. The molecule has 2 aromatic rings. The Bertz CT molecular complexity index is 1800. The molecule has 4 aliphatic rings. The molecule has 0 saturated carbocycles. The molecule has 1 aromatic carbocycles. The van der Waals surface area contributed by atoms with Crippen LogP contribution in [0, 0.1) is 17.8 Å². The number of carbonyl (C=O) groups is 2. The van der Waals surface area contributed by atoms with E-state index in [0.717, 1.165) is 16.5 Å².